The minimum Gasteiger partial charge on any atom is -0.376 e. The molecule has 7 heteroatoms. The Morgan fingerprint density at radius 1 is 1.38 bits per heavy atom. The second kappa shape index (κ2) is 10.3. The number of nitrogens with one attached hydrogen (secondary N) is 2. The van der Waals surface area contributed by atoms with Crippen molar-refractivity contribution in [3.63, 3.8) is 0 Å². The molecule has 1 aromatic carbocycles. The van der Waals surface area contributed by atoms with Gasteiger partial charge in [-0.15, -0.1) is 12.4 Å². The first kappa shape index (κ1) is 20.4. The Morgan fingerprint density at radius 3 is 2.83 bits per heavy atom. The average Bonchev–Trinajstić information content (AvgIpc) is 3.03. The van der Waals surface area contributed by atoms with E-state index in [1.54, 1.807) is 19.1 Å². The highest BCUT2D eigenvalue weighted by Crippen LogP contribution is 2.11. The van der Waals surface area contributed by atoms with Crippen molar-refractivity contribution in [3.05, 3.63) is 35.4 Å². The minimum absolute atomic E-state index is 0. The molecule has 1 aromatic rings. The Labute approximate surface area is 148 Å². The van der Waals surface area contributed by atoms with Crippen LogP contribution in [0.2, 0.25) is 0 Å². The summed E-state index contributed by atoms with van der Waals surface area (Å²) in [7, 11) is 0. The van der Waals surface area contributed by atoms with Gasteiger partial charge in [0.25, 0.3) is 5.91 Å². The zero-order valence-electron chi connectivity index (χ0n) is 13.9. The fourth-order valence-electron chi connectivity index (χ4n) is 2.50. The van der Waals surface area contributed by atoms with Crippen LogP contribution < -0.4 is 16.4 Å². The van der Waals surface area contributed by atoms with Gasteiger partial charge in [-0.25, -0.2) is 0 Å². The molecular weight excluding hydrogens is 330 g/mol. The first-order valence-corrected chi connectivity index (χ1v) is 8.05. The molecule has 0 radical (unpaired) electrons. The molecule has 0 aromatic heterocycles. The molecular formula is C17H26ClN3O3. The molecule has 4 N–H and O–H groups in total. The molecule has 2 rings (SSSR count). The van der Waals surface area contributed by atoms with E-state index in [9.17, 15) is 9.59 Å². The molecule has 6 nitrogen and oxygen atoms in total. The second-order valence-electron chi connectivity index (χ2n) is 6.00. The summed E-state index contributed by atoms with van der Waals surface area (Å²) in [6, 6.07) is 7.08. The summed E-state index contributed by atoms with van der Waals surface area (Å²) < 4.78 is 5.49. The van der Waals surface area contributed by atoms with Crippen LogP contribution in [-0.4, -0.2) is 37.1 Å². The Balaban J connectivity index is 0.00000288. The highest BCUT2D eigenvalue weighted by Gasteiger charge is 2.16. The summed E-state index contributed by atoms with van der Waals surface area (Å²) in [6.45, 7) is 3.49. The van der Waals surface area contributed by atoms with Gasteiger partial charge in [-0.3, -0.25) is 9.59 Å². The molecule has 1 aliphatic rings. The number of hydrogen-bond donors (Lipinski definition) is 3. The molecule has 0 saturated carbocycles. The molecule has 24 heavy (non-hydrogen) atoms. The van der Waals surface area contributed by atoms with Crippen LogP contribution in [-0.2, 0) is 16.1 Å². The number of amides is 2. The van der Waals surface area contributed by atoms with Crippen molar-refractivity contribution in [2.45, 2.75) is 44.9 Å². The van der Waals surface area contributed by atoms with Crippen molar-refractivity contribution in [1.29, 1.82) is 0 Å². The number of halogens is 1. The summed E-state index contributed by atoms with van der Waals surface area (Å²) in [6.07, 6.45) is 2.46. The predicted octanol–water partition coefficient (Wildman–Crippen LogP) is 1.37. The van der Waals surface area contributed by atoms with E-state index in [1.807, 2.05) is 12.1 Å². The van der Waals surface area contributed by atoms with Gasteiger partial charge < -0.3 is 21.1 Å². The van der Waals surface area contributed by atoms with Crippen LogP contribution >= 0.6 is 12.4 Å². The van der Waals surface area contributed by atoms with E-state index < -0.39 is 0 Å². The number of hydrogen-bond acceptors (Lipinski definition) is 4. The third-order valence-electron chi connectivity index (χ3n) is 3.70. The number of carbonyl (C=O) groups excluding carboxylic acids is 2. The average molecular weight is 356 g/mol. The Kier molecular flexibility index (Phi) is 8.74. The zero-order chi connectivity index (χ0) is 16.7. The van der Waals surface area contributed by atoms with Crippen LogP contribution in [0.1, 0.15) is 42.1 Å². The van der Waals surface area contributed by atoms with Crippen LogP contribution in [0.5, 0.6) is 0 Å². The maximum absolute atomic E-state index is 12.2. The van der Waals surface area contributed by atoms with Gasteiger partial charge in [0.05, 0.1) is 6.10 Å². The quantitative estimate of drug-likeness (QED) is 0.688. The van der Waals surface area contributed by atoms with Gasteiger partial charge in [-0.1, -0.05) is 12.1 Å². The molecule has 0 bridgehead atoms. The van der Waals surface area contributed by atoms with Crippen molar-refractivity contribution < 1.29 is 14.3 Å². The normalized spacial score (nSPS) is 17.7. The van der Waals surface area contributed by atoms with Gasteiger partial charge in [0.15, 0.2) is 0 Å². The van der Waals surface area contributed by atoms with Crippen LogP contribution in [0.25, 0.3) is 0 Å². The van der Waals surface area contributed by atoms with E-state index in [0.29, 0.717) is 25.1 Å². The van der Waals surface area contributed by atoms with Crippen LogP contribution in [0.15, 0.2) is 24.3 Å². The van der Waals surface area contributed by atoms with E-state index in [-0.39, 0.29) is 36.4 Å². The van der Waals surface area contributed by atoms with Gasteiger partial charge in [0, 0.05) is 37.7 Å². The van der Waals surface area contributed by atoms with Gasteiger partial charge >= 0.3 is 0 Å². The lowest BCUT2D eigenvalue weighted by atomic mass is 10.1. The largest absolute Gasteiger partial charge is 0.376 e. The number of ether oxygens (including phenoxy) is 1. The molecule has 2 unspecified atom stereocenters. The van der Waals surface area contributed by atoms with Crippen LogP contribution in [0, 0.1) is 0 Å². The molecule has 1 fully saturated rings. The van der Waals surface area contributed by atoms with E-state index in [2.05, 4.69) is 10.6 Å². The molecule has 2 atom stereocenters. The third-order valence-corrected chi connectivity index (χ3v) is 3.70. The fraction of sp³-hybridized carbons (Fsp3) is 0.529. The van der Waals surface area contributed by atoms with Crippen molar-refractivity contribution in [1.82, 2.24) is 10.6 Å². The van der Waals surface area contributed by atoms with E-state index in [4.69, 9.17) is 10.5 Å². The SMILES string of the molecule is CC(N)CC(=O)NCc1cccc(C(=O)NCC2CCCO2)c1.Cl. The van der Waals surface area contributed by atoms with Gasteiger partial charge in [-0.2, -0.15) is 0 Å². The summed E-state index contributed by atoms with van der Waals surface area (Å²) >= 11 is 0. The van der Waals surface area contributed by atoms with E-state index >= 15 is 0 Å². The maximum atomic E-state index is 12.2. The molecule has 0 spiro atoms. The Bertz CT molecular complexity index is 546. The first-order chi connectivity index (χ1) is 11.0. The van der Waals surface area contributed by atoms with Gasteiger partial charge in [0.1, 0.15) is 0 Å². The summed E-state index contributed by atoms with van der Waals surface area (Å²) in [4.78, 5) is 23.8. The minimum atomic E-state index is -0.162. The smallest absolute Gasteiger partial charge is 0.251 e. The monoisotopic (exact) mass is 355 g/mol. The number of carbonyl (C=O) groups is 2. The molecule has 1 aliphatic heterocycles. The van der Waals surface area contributed by atoms with Crippen molar-refractivity contribution in [3.8, 4) is 0 Å². The predicted molar refractivity (Wildman–Crippen MR) is 95.1 cm³/mol. The standard InChI is InChI=1S/C17H25N3O3.ClH/c1-12(18)8-16(21)19-10-13-4-2-5-14(9-13)17(22)20-11-15-6-3-7-23-15;/h2,4-5,9,12,15H,3,6-8,10-11,18H2,1H3,(H,19,21)(H,20,22);1H. The fourth-order valence-corrected chi connectivity index (χ4v) is 2.50. The number of nitrogens with two attached hydrogens (primary N) is 1. The second-order valence-corrected chi connectivity index (χ2v) is 6.00. The van der Waals surface area contributed by atoms with Gasteiger partial charge in [-0.05, 0) is 37.5 Å². The Morgan fingerprint density at radius 2 is 2.17 bits per heavy atom. The number of benzene rings is 1. The number of rotatable bonds is 7. The van der Waals surface area contributed by atoms with E-state index in [1.165, 1.54) is 0 Å². The Hall–Kier alpha value is -1.63. The molecule has 1 saturated heterocycles. The maximum Gasteiger partial charge on any atom is 0.251 e. The molecule has 134 valence electrons. The van der Waals surface area contributed by atoms with Gasteiger partial charge in [0.2, 0.25) is 5.91 Å². The summed E-state index contributed by atoms with van der Waals surface area (Å²) in [5.74, 6) is -0.211. The van der Waals surface area contributed by atoms with Crippen molar-refractivity contribution in [2.75, 3.05) is 13.2 Å². The first-order valence-electron chi connectivity index (χ1n) is 8.05. The topological polar surface area (TPSA) is 93.5 Å². The van der Waals surface area contributed by atoms with Crippen molar-refractivity contribution in [2.24, 2.45) is 5.73 Å². The summed E-state index contributed by atoms with van der Waals surface area (Å²) in [5.41, 5.74) is 7.05. The highest BCUT2D eigenvalue weighted by molar-refractivity contribution is 5.94. The summed E-state index contributed by atoms with van der Waals surface area (Å²) in [5, 5.41) is 5.69. The molecule has 1 heterocycles. The highest BCUT2D eigenvalue weighted by atomic mass is 35.5. The van der Waals surface area contributed by atoms with Crippen LogP contribution in [0.3, 0.4) is 0 Å². The third kappa shape index (κ3) is 6.86. The lowest BCUT2D eigenvalue weighted by molar-refractivity contribution is -0.121. The van der Waals surface area contributed by atoms with E-state index in [0.717, 1.165) is 25.0 Å². The van der Waals surface area contributed by atoms with Crippen molar-refractivity contribution >= 4 is 24.2 Å². The lowest BCUT2D eigenvalue weighted by Crippen LogP contribution is -2.32. The molecule has 2 amide bonds. The van der Waals surface area contributed by atoms with Crippen LogP contribution in [0.4, 0.5) is 0 Å². The lowest BCUT2D eigenvalue weighted by Gasteiger charge is -2.12. The zero-order valence-corrected chi connectivity index (χ0v) is 14.7. The molecule has 0 aliphatic carbocycles.